The van der Waals surface area contributed by atoms with Crippen LogP contribution in [0.15, 0.2) is 59.0 Å². The lowest BCUT2D eigenvalue weighted by atomic mass is 10.0. The van der Waals surface area contributed by atoms with Crippen LogP contribution in [-0.2, 0) is 6.42 Å². The number of furan rings is 1. The molecule has 1 N–H and O–H groups in total. The van der Waals surface area contributed by atoms with Crippen LogP contribution < -0.4 is 0 Å². The summed E-state index contributed by atoms with van der Waals surface area (Å²) in [5.74, 6) is 1.67. The van der Waals surface area contributed by atoms with Crippen molar-refractivity contribution in [3.63, 3.8) is 0 Å². The van der Waals surface area contributed by atoms with Crippen LogP contribution in [0, 0.1) is 0 Å². The molecule has 96 valence electrons. The molecular weight excluding hydrogens is 236 g/mol. The van der Waals surface area contributed by atoms with Crippen LogP contribution in [0.2, 0.25) is 0 Å². The number of hydrogen-bond donors (Lipinski definition) is 1. The Balaban J connectivity index is 2.06. The molecule has 0 saturated carbocycles. The van der Waals surface area contributed by atoms with Gasteiger partial charge in [-0.1, -0.05) is 42.5 Å². The maximum Gasteiger partial charge on any atom is 0.134 e. The maximum absolute atomic E-state index is 9.40. The Bertz CT molecular complexity index is 690. The summed E-state index contributed by atoms with van der Waals surface area (Å²) in [6, 6.07) is 18.4. The number of hydrogen-bond acceptors (Lipinski definition) is 2. The fraction of sp³-hybridized carbons (Fsp3) is 0.176. The van der Waals surface area contributed by atoms with Gasteiger partial charge in [0.2, 0.25) is 0 Å². The van der Waals surface area contributed by atoms with Crippen LogP contribution in [0.3, 0.4) is 0 Å². The van der Waals surface area contributed by atoms with Gasteiger partial charge in [0.25, 0.3) is 0 Å². The molecule has 0 fully saturated rings. The van der Waals surface area contributed by atoms with Crippen molar-refractivity contribution in [2.75, 3.05) is 0 Å². The summed E-state index contributed by atoms with van der Waals surface area (Å²) in [6.45, 7) is 1.76. The Hall–Kier alpha value is -2.06. The van der Waals surface area contributed by atoms with Crippen LogP contribution in [0.1, 0.15) is 12.7 Å². The van der Waals surface area contributed by atoms with E-state index in [9.17, 15) is 5.11 Å². The van der Waals surface area contributed by atoms with Gasteiger partial charge < -0.3 is 9.52 Å². The van der Waals surface area contributed by atoms with E-state index in [0.717, 1.165) is 17.1 Å². The second-order valence-corrected chi connectivity index (χ2v) is 4.85. The topological polar surface area (TPSA) is 33.4 Å². The smallest absolute Gasteiger partial charge is 0.134 e. The van der Waals surface area contributed by atoms with Crippen molar-refractivity contribution >= 4 is 10.8 Å². The third kappa shape index (κ3) is 2.40. The molecule has 0 saturated heterocycles. The van der Waals surface area contributed by atoms with E-state index >= 15 is 0 Å². The molecule has 3 aromatic rings. The van der Waals surface area contributed by atoms with E-state index in [1.807, 2.05) is 30.3 Å². The van der Waals surface area contributed by atoms with E-state index in [1.54, 1.807) is 6.92 Å². The molecule has 0 radical (unpaired) electrons. The van der Waals surface area contributed by atoms with Crippen molar-refractivity contribution in [1.82, 2.24) is 0 Å². The number of fused-ring (bicyclic) bond motifs is 1. The zero-order valence-corrected chi connectivity index (χ0v) is 10.8. The molecule has 2 heteroatoms. The van der Waals surface area contributed by atoms with Gasteiger partial charge >= 0.3 is 0 Å². The minimum Gasteiger partial charge on any atom is -0.461 e. The van der Waals surface area contributed by atoms with Gasteiger partial charge in [0.05, 0.1) is 6.10 Å². The first-order chi connectivity index (χ1) is 9.24. The monoisotopic (exact) mass is 252 g/mol. The summed E-state index contributed by atoms with van der Waals surface area (Å²) < 4.78 is 5.83. The second kappa shape index (κ2) is 4.90. The molecule has 0 aliphatic rings. The molecule has 1 aromatic heterocycles. The first-order valence-electron chi connectivity index (χ1n) is 6.49. The largest absolute Gasteiger partial charge is 0.461 e. The van der Waals surface area contributed by atoms with Gasteiger partial charge in [-0.2, -0.15) is 0 Å². The molecular formula is C17H16O2. The summed E-state index contributed by atoms with van der Waals surface area (Å²) in [7, 11) is 0. The van der Waals surface area contributed by atoms with Crippen LogP contribution >= 0.6 is 0 Å². The number of aliphatic hydroxyl groups is 1. The molecule has 1 atom stereocenters. The average Bonchev–Trinajstić information content (AvgIpc) is 2.85. The van der Waals surface area contributed by atoms with E-state index < -0.39 is 0 Å². The van der Waals surface area contributed by atoms with E-state index in [2.05, 4.69) is 24.3 Å². The molecule has 2 aromatic carbocycles. The van der Waals surface area contributed by atoms with Crippen LogP contribution in [0.25, 0.3) is 22.1 Å². The average molecular weight is 252 g/mol. The highest BCUT2D eigenvalue weighted by molar-refractivity contribution is 5.95. The van der Waals surface area contributed by atoms with Crippen molar-refractivity contribution in [3.05, 3.63) is 60.4 Å². The van der Waals surface area contributed by atoms with Gasteiger partial charge in [0.15, 0.2) is 0 Å². The molecule has 1 heterocycles. The molecule has 0 bridgehead atoms. The summed E-state index contributed by atoms with van der Waals surface area (Å²) >= 11 is 0. The summed E-state index contributed by atoms with van der Waals surface area (Å²) in [5, 5.41) is 11.8. The van der Waals surface area contributed by atoms with Crippen LogP contribution in [-0.4, -0.2) is 11.2 Å². The highest BCUT2D eigenvalue weighted by Crippen LogP contribution is 2.30. The van der Waals surface area contributed by atoms with Crippen molar-refractivity contribution < 1.29 is 9.52 Å². The van der Waals surface area contributed by atoms with Crippen molar-refractivity contribution in [3.8, 4) is 11.3 Å². The lowest BCUT2D eigenvalue weighted by Gasteiger charge is -2.04. The number of benzene rings is 2. The summed E-state index contributed by atoms with van der Waals surface area (Å²) in [5.41, 5.74) is 1.09. The molecule has 0 amide bonds. The molecule has 0 aliphatic heterocycles. The first-order valence-corrected chi connectivity index (χ1v) is 6.49. The fourth-order valence-corrected chi connectivity index (χ4v) is 2.36. The van der Waals surface area contributed by atoms with Gasteiger partial charge in [0.1, 0.15) is 11.5 Å². The van der Waals surface area contributed by atoms with Gasteiger partial charge in [-0.3, -0.25) is 0 Å². The van der Waals surface area contributed by atoms with E-state index in [4.69, 9.17) is 4.42 Å². The molecule has 0 spiro atoms. The lowest BCUT2D eigenvalue weighted by molar-refractivity contribution is 0.187. The molecule has 19 heavy (non-hydrogen) atoms. The minimum atomic E-state index is -0.383. The molecule has 1 unspecified atom stereocenters. The Morgan fingerprint density at radius 1 is 1.00 bits per heavy atom. The SMILES string of the molecule is CC(O)Cc1ccc(-c2cccc3ccccc23)o1. The van der Waals surface area contributed by atoms with E-state index in [1.165, 1.54) is 10.8 Å². The van der Waals surface area contributed by atoms with Crippen LogP contribution in [0.5, 0.6) is 0 Å². The third-order valence-corrected chi connectivity index (χ3v) is 3.21. The normalized spacial score (nSPS) is 12.7. The van der Waals surface area contributed by atoms with E-state index in [0.29, 0.717) is 6.42 Å². The van der Waals surface area contributed by atoms with E-state index in [-0.39, 0.29) is 6.10 Å². The standard InChI is InChI=1S/C17H16O2/c1-12(18)11-14-9-10-17(19-14)16-8-4-6-13-5-2-3-7-15(13)16/h2-10,12,18H,11H2,1H3. The predicted molar refractivity (Wildman–Crippen MR) is 77.0 cm³/mol. The van der Waals surface area contributed by atoms with Crippen molar-refractivity contribution in [2.45, 2.75) is 19.4 Å². The van der Waals surface area contributed by atoms with Crippen molar-refractivity contribution in [2.24, 2.45) is 0 Å². The zero-order chi connectivity index (χ0) is 13.2. The van der Waals surface area contributed by atoms with Gasteiger partial charge in [-0.25, -0.2) is 0 Å². The summed E-state index contributed by atoms with van der Waals surface area (Å²) in [4.78, 5) is 0. The second-order valence-electron chi connectivity index (χ2n) is 4.85. The maximum atomic E-state index is 9.40. The van der Waals surface area contributed by atoms with Gasteiger partial charge in [-0.15, -0.1) is 0 Å². The molecule has 3 rings (SSSR count). The number of rotatable bonds is 3. The lowest BCUT2D eigenvalue weighted by Crippen LogP contribution is -2.02. The summed E-state index contributed by atoms with van der Waals surface area (Å²) in [6.07, 6.45) is 0.164. The highest BCUT2D eigenvalue weighted by Gasteiger charge is 2.09. The van der Waals surface area contributed by atoms with Gasteiger partial charge in [-0.05, 0) is 29.8 Å². The Morgan fingerprint density at radius 2 is 1.79 bits per heavy atom. The predicted octanol–water partition coefficient (Wildman–Crippen LogP) is 4.02. The Kier molecular flexibility index (Phi) is 3.10. The number of aliphatic hydroxyl groups excluding tert-OH is 1. The van der Waals surface area contributed by atoms with Crippen molar-refractivity contribution in [1.29, 1.82) is 0 Å². The first kappa shape index (κ1) is 12.0. The van der Waals surface area contributed by atoms with Crippen LogP contribution in [0.4, 0.5) is 0 Å². The minimum absolute atomic E-state index is 0.383. The zero-order valence-electron chi connectivity index (χ0n) is 10.8. The Labute approximate surface area is 112 Å². The quantitative estimate of drug-likeness (QED) is 0.763. The fourth-order valence-electron chi connectivity index (χ4n) is 2.36. The van der Waals surface area contributed by atoms with Gasteiger partial charge in [0, 0.05) is 12.0 Å². The molecule has 0 aliphatic carbocycles. The molecule has 2 nitrogen and oxygen atoms in total. The Morgan fingerprint density at radius 3 is 2.63 bits per heavy atom. The third-order valence-electron chi connectivity index (χ3n) is 3.21. The highest BCUT2D eigenvalue weighted by atomic mass is 16.3.